The summed E-state index contributed by atoms with van der Waals surface area (Å²) in [4.78, 5) is 39.2. The fraction of sp³-hybridized carbons (Fsp3) is 0.304. The van der Waals surface area contributed by atoms with E-state index in [0.717, 1.165) is 4.70 Å². The number of benzene rings is 2. The normalized spacial score (nSPS) is 17.8. The van der Waals surface area contributed by atoms with Gasteiger partial charge in [-0.1, -0.05) is 12.1 Å². The van der Waals surface area contributed by atoms with Gasteiger partial charge in [-0.2, -0.15) is 0 Å². The number of nitro benzene ring substituents is 1. The van der Waals surface area contributed by atoms with Crippen LogP contribution in [0.1, 0.15) is 23.2 Å². The minimum Gasteiger partial charge on any atom is -0.477 e. The zero-order valence-electron chi connectivity index (χ0n) is 17.9. The number of aromatic carboxylic acids is 1. The SMILES string of the molecule is O=C(O)c1c(=O)c2cc(N3CCC4(CC3)OCCO4)c([N+](=O)[O-])cc2n2c1sc1ccccc12. The molecule has 11 heteroatoms. The smallest absolute Gasteiger partial charge is 0.342 e. The molecule has 0 amide bonds. The molecule has 1 N–H and O–H groups in total. The van der Waals surface area contributed by atoms with Crippen molar-refractivity contribution in [3.05, 3.63) is 62.3 Å². The Morgan fingerprint density at radius 1 is 1.12 bits per heavy atom. The van der Waals surface area contributed by atoms with E-state index in [4.69, 9.17) is 9.47 Å². The van der Waals surface area contributed by atoms with E-state index in [1.807, 2.05) is 17.0 Å². The molecule has 2 fully saturated rings. The summed E-state index contributed by atoms with van der Waals surface area (Å²) in [5, 5.41) is 22.1. The van der Waals surface area contributed by atoms with Crippen molar-refractivity contribution in [1.29, 1.82) is 0 Å². The number of hydrogen-bond donors (Lipinski definition) is 1. The maximum atomic E-state index is 13.4. The molecule has 0 atom stereocenters. The molecular weight excluding hydrogens is 462 g/mol. The van der Waals surface area contributed by atoms with Crippen LogP contribution in [0.25, 0.3) is 25.9 Å². The van der Waals surface area contributed by atoms with E-state index >= 15 is 0 Å². The van der Waals surface area contributed by atoms with Crippen LogP contribution < -0.4 is 10.3 Å². The molecule has 2 aliphatic heterocycles. The predicted molar refractivity (Wildman–Crippen MR) is 126 cm³/mol. The Bertz CT molecular complexity index is 1560. The molecule has 4 heterocycles. The van der Waals surface area contributed by atoms with Crippen molar-refractivity contribution in [1.82, 2.24) is 4.40 Å². The van der Waals surface area contributed by atoms with E-state index in [9.17, 15) is 24.8 Å². The molecule has 0 radical (unpaired) electrons. The molecule has 0 aliphatic carbocycles. The van der Waals surface area contributed by atoms with E-state index in [1.165, 1.54) is 23.5 Å². The third kappa shape index (κ3) is 3.01. The van der Waals surface area contributed by atoms with Crippen molar-refractivity contribution in [3.63, 3.8) is 0 Å². The molecule has 0 unspecified atom stereocenters. The lowest BCUT2D eigenvalue weighted by molar-refractivity contribution is -0.384. The zero-order valence-corrected chi connectivity index (χ0v) is 18.7. The van der Waals surface area contributed by atoms with Crippen molar-refractivity contribution >= 4 is 54.6 Å². The van der Waals surface area contributed by atoms with E-state index in [2.05, 4.69) is 0 Å². The first-order valence-corrected chi connectivity index (χ1v) is 11.6. The molecule has 174 valence electrons. The molecule has 34 heavy (non-hydrogen) atoms. The lowest BCUT2D eigenvalue weighted by Crippen LogP contribution is -2.45. The van der Waals surface area contributed by atoms with Crippen molar-refractivity contribution in [2.45, 2.75) is 18.6 Å². The summed E-state index contributed by atoms with van der Waals surface area (Å²) < 4.78 is 13.9. The number of piperidine rings is 1. The molecule has 1 spiro atoms. The summed E-state index contributed by atoms with van der Waals surface area (Å²) in [5.41, 5.74) is 0.169. The molecule has 0 bridgehead atoms. The number of rotatable bonds is 3. The summed E-state index contributed by atoms with van der Waals surface area (Å²) >= 11 is 1.18. The summed E-state index contributed by atoms with van der Waals surface area (Å²) in [6.07, 6.45) is 1.07. The highest BCUT2D eigenvalue weighted by atomic mass is 32.1. The summed E-state index contributed by atoms with van der Waals surface area (Å²) in [7, 11) is 0. The van der Waals surface area contributed by atoms with Gasteiger partial charge in [0.25, 0.3) is 5.69 Å². The van der Waals surface area contributed by atoms with Gasteiger partial charge < -0.3 is 19.5 Å². The Kier molecular flexibility index (Phi) is 4.63. The number of ether oxygens (including phenoxy) is 2. The van der Waals surface area contributed by atoms with Crippen LogP contribution in [0.4, 0.5) is 11.4 Å². The number of aromatic nitrogens is 1. The average Bonchev–Trinajstić information content (AvgIpc) is 3.43. The molecule has 2 aromatic heterocycles. The summed E-state index contributed by atoms with van der Waals surface area (Å²) in [6.45, 7) is 1.94. The van der Waals surface area contributed by atoms with Gasteiger partial charge in [-0.3, -0.25) is 19.3 Å². The van der Waals surface area contributed by atoms with Crippen molar-refractivity contribution in [2.75, 3.05) is 31.2 Å². The first kappa shape index (κ1) is 21.0. The Morgan fingerprint density at radius 2 is 1.82 bits per heavy atom. The molecule has 4 aromatic rings. The van der Waals surface area contributed by atoms with Gasteiger partial charge in [0.1, 0.15) is 16.1 Å². The van der Waals surface area contributed by atoms with Gasteiger partial charge in [0.2, 0.25) is 5.43 Å². The second kappa shape index (κ2) is 7.49. The van der Waals surface area contributed by atoms with Gasteiger partial charge in [-0.15, -0.1) is 11.3 Å². The number of nitrogens with zero attached hydrogens (tertiary/aromatic N) is 3. The lowest BCUT2D eigenvalue weighted by Gasteiger charge is -2.38. The highest BCUT2D eigenvalue weighted by Crippen LogP contribution is 2.39. The largest absolute Gasteiger partial charge is 0.477 e. The van der Waals surface area contributed by atoms with Crippen LogP contribution in [0.3, 0.4) is 0 Å². The number of carboxylic acid groups (broad SMARTS) is 1. The Morgan fingerprint density at radius 3 is 2.50 bits per heavy atom. The molecule has 6 rings (SSSR count). The quantitative estimate of drug-likeness (QED) is 0.348. The Balaban J connectivity index is 1.61. The topological polar surface area (TPSA) is 124 Å². The lowest BCUT2D eigenvalue weighted by atomic mass is 10.0. The number of carboxylic acids is 1. The number of hydrogen-bond acceptors (Lipinski definition) is 8. The van der Waals surface area contributed by atoms with E-state index in [-0.39, 0.29) is 21.5 Å². The standard InChI is InChI=1S/C23H19N3O7S/c27-20-13-11-16(24-7-5-23(6-8-24)32-9-10-33-23)17(26(30)31)12-15(13)25-14-3-1-2-4-18(14)34-21(25)19(20)22(28)29/h1-4,11-12H,5-10H2,(H,28,29). The molecule has 0 saturated carbocycles. The molecule has 2 saturated heterocycles. The van der Waals surface area contributed by atoms with Crippen LogP contribution in [0.5, 0.6) is 0 Å². The maximum Gasteiger partial charge on any atom is 0.342 e. The van der Waals surface area contributed by atoms with Crippen LogP contribution in [0.15, 0.2) is 41.2 Å². The maximum absolute atomic E-state index is 13.4. The number of thiazole rings is 1. The first-order valence-electron chi connectivity index (χ1n) is 10.8. The zero-order chi connectivity index (χ0) is 23.6. The number of carbonyl (C=O) groups is 1. The number of para-hydroxylation sites is 1. The third-order valence-electron chi connectivity index (χ3n) is 6.63. The van der Waals surface area contributed by atoms with Gasteiger partial charge in [0.15, 0.2) is 5.79 Å². The second-order valence-corrected chi connectivity index (χ2v) is 9.46. The van der Waals surface area contributed by atoms with Gasteiger partial charge in [-0.25, -0.2) is 4.79 Å². The van der Waals surface area contributed by atoms with Crippen LogP contribution in [0, 0.1) is 10.1 Å². The van der Waals surface area contributed by atoms with Gasteiger partial charge in [-0.05, 0) is 18.2 Å². The Labute approximate surface area is 195 Å². The molecule has 2 aliphatic rings. The van der Waals surface area contributed by atoms with Crippen molar-refractivity contribution in [2.24, 2.45) is 0 Å². The number of anilines is 1. The van der Waals surface area contributed by atoms with Gasteiger partial charge in [0, 0.05) is 37.4 Å². The van der Waals surface area contributed by atoms with Crippen molar-refractivity contribution < 1.29 is 24.3 Å². The van der Waals surface area contributed by atoms with E-state index in [1.54, 1.807) is 16.5 Å². The van der Waals surface area contributed by atoms with Crippen LogP contribution >= 0.6 is 11.3 Å². The van der Waals surface area contributed by atoms with Crippen molar-refractivity contribution in [3.8, 4) is 0 Å². The van der Waals surface area contributed by atoms with E-state index in [0.29, 0.717) is 55.9 Å². The monoisotopic (exact) mass is 481 g/mol. The highest BCUT2D eigenvalue weighted by Gasteiger charge is 2.41. The molecule has 10 nitrogen and oxygen atoms in total. The van der Waals surface area contributed by atoms with Crippen LogP contribution in [-0.2, 0) is 9.47 Å². The van der Waals surface area contributed by atoms with Crippen LogP contribution in [0.2, 0.25) is 0 Å². The Hall–Kier alpha value is -3.54. The predicted octanol–water partition coefficient (Wildman–Crippen LogP) is 3.62. The second-order valence-electron chi connectivity index (χ2n) is 8.43. The number of nitro groups is 1. The summed E-state index contributed by atoms with van der Waals surface area (Å²) in [6, 6.07) is 10.1. The third-order valence-corrected chi connectivity index (χ3v) is 7.77. The van der Waals surface area contributed by atoms with Gasteiger partial charge in [0.05, 0.1) is 33.9 Å². The molecular formula is C23H19N3O7S. The number of pyridine rings is 1. The fourth-order valence-electron chi connectivity index (χ4n) is 5.02. The highest BCUT2D eigenvalue weighted by molar-refractivity contribution is 7.24. The minimum atomic E-state index is -1.33. The number of fused-ring (bicyclic) bond motifs is 5. The average molecular weight is 481 g/mol. The first-order chi connectivity index (χ1) is 16.4. The summed E-state index contributed by atoms with van der Waals surface area (Å²) in [5.74, 6) is -1.98. The fourth-order valence-corrected chi connectivity index (χ4v) is 6.20. The minimum absolute atomic E-state index is 0.132. The van der Waals surface area contributed by atoms with Crippen LogP contribution in [-0.4, -0.2) is 52.5 Å². The van der Waals surface area contributed by atoms with E-state index < -0.39 is 22.1 Å². The molecule has 2 aromatic carbocycles. The van der Waals surface area contributed by atoms with Gasteiger partial charge >= 0.3 is 5.97 Å².